The molecule has 0 saturated carbocycles. The highest BCUT2D eigenvalue weighted by molar-refractivity contribution is 6.51. The second-order valence-corrected chi connectivity index (χ2v) is 7.20. The van der Waals surface area contributed by atoms with Gasteiger partial charge in [0, 0.05) is 11.3 Å². The number of aliphatic hydroxyl groups is 1. The molecule has 1 saturated heterocycles. The van der Waals surface area contributed by atoms with Crippen molar-refractivity contribution in [3.8, 4) is 11.5 Å². The van der Waals surface area contributed by atoms with Gasteiger partial charge in [-0.3, -0.25) is 14.5 Å². The monoisotopic (exact) mass is 433 g/mol. The van der Waals surface area contributed by atoms with Gasteiger partial charge in [-0.15, -0.1) is 0 Å². The minimum Gasteiger partial charge on any atom is -0.508 e. The Balaban J connectivity index is 1.89. The summed E-state index contributed by atoms with van der Waals surface area (Å²) in [5.74, 6) is -2.06. The Morgan fingerprint density at radius 3 is 2.34 bits per heavy atom. The van der Waals surface area contributed by atoms with Gasteiger partial charge >= 0.3 is 0 Å². The number of aromatic hydroxyl groups is 1. The SMILES string of the molecule is CCOc1ccc(/C(O)=C2/C(=O)C(=O)N(c3ccc(F)cc3)C2c2cccc(O)c2)cc1. The van der Waals surface area contributed by atoms with Gasteiger partial charge in [-0.05, 0) is 73.2 Å². The zero-order chi connectivity index (χ0) is 22.8. The number of halogens is 1. The minimum atomic E-state index is -1.01. The fraction of sp³-hybridized carbons (Fsp3) is 0.120. The maximum absolute atomic E-state index is 13.5. The predicted octanol–water partition coefficient (Wildman–Crippen LogP) is 4.56. The second kappa shape index (κ2) is 8.55. The van der Waals surface area contributed by atoms with E-state index in [2.05, 4.69) is 0 Å². The van der Waals surface area contributed by atoms with Crippen LogP contribution in [0, 0.1) is 5.82 Å². The van der Waals surface area contributed by atoms with E-state index in [-0.39, 0.29) is 22.8 Å². The number of carbonyl (C=O) groups excluding carboxylic acids is 2. The highest BCUT2D eigenvalue weighted by Crippen LogP contribution is 2.42. The lowest BCUT2D eigenvalue weighted by Gasteiger charge is -2.25. The molecule has 3 aromatic rings. The number of rotatable bonds is 5. The lowest BCUT2D eigenvalue weighted by Crippen LogP contribution is -2.29. The molecule has 1 fully saturated rings. The van der Waals surface area contributed by atoms with Crippen LogP contribution >= 0.6 is 0 Å². The topological polar surface area (TPSA) is 87.1 Å². The van der Waals surface area contributed by atoms with Crippen LogP contribution in [0.4, 0.5) is 10.1 Å². The molecule has 1 heterocycles. The van der Waals surface area contributed by atoms with Gasteiger partial charge < -0.3 is 14.9 Å². The third-order valence-electron chi connectivity index (χ3n) is 5.17. The van der Waals surface area contributed by atoms with Crippen LogP contribution in [0.25, 0.3) is 5.76 Å². The van der Waals surface area contributed by atoms with Crippen molar-refractivity contribution in [2.45, 2.75) is 13.0 Å². The van der Waals surface area contributed by atoms with Gasteiger partial charge in [0.1, 0.15) is 23.1 Å². The molecule has 0 spiro atoms. The van der Waals surface area contributed by atoms with Crippen molar-refractivity contribution in [2.24, 2.45) is 0 Å². The number of carbonyl (C=O) groups is 2. The number of hydrogen-bond donors (Lipinski definition) is 2. The number of anilines is 1. The zero-order valence-electron chi connectivity index (χ0n) is 17.2. The van der Waals surface area contributed by atoms with Gasteiger partial charge in [0.05, 0.1) is 18.2 Å². The molecule has 1 atom stereocenters. The smallest absolute Gasteiger partial charge is 0.300 e. The Kier molecular flexibility index (Phi) is 5.64. The van der Waals surface area contributed by atoms with Gasteiger partial charge in [0.2, 0.25) is 0 Å². The average molecular weight is 433 g/mol. The summed E-state index contributed by atoms with van der Waals surface area (Å²) in [6.45, 7) is 2.33. The van der Waals surface area contributed by atoms with Crippen LogP contribution in [-0.2, 0) is 9.59 Å². The first kappa shape index (κ1) is 21.1. The number of aliphatic hydroxyl groups excluding tert-OH is 1. The second-order valence-electron chi connectivity index (χ2n) is 7.20. The number of ether oxygens (including phenoxy) is 1. The first-order valence-corrected chi connectivity index (χ1v) is 9.99. The molecule has 4 rings (SSSR count). The summed E-state index contributed by atoms with van der Waals surface area (Å²) in [5, 5.41) is 21.0. The Hall–Kier alpha value is -4.13. The van der Waals surface area contributed by atoms with Crippen molar-refractivity contribution in [2.75, 3.05) is 11.5 Å². The molecule has 0 bridgehead atoms. The summed E-state index contributed by atoms with van der Waals surface area (Å²) < 4.78 is 18.9. The molecule has 162 valence electrons. The van der Waals surface area contributed by atoms with Crippen LogP contribution in [0.15, 0.2) is 78.4 Å². The fourth-order valence-electron chi connectivity index (χ4n) is 3.74. The van der Waals surface area contributed by atoms with Gasteiger partial charge in [0.25, 0.3) is 11.7 Å². The quantitative estimate of drug-likeness (QED) is 0.350. The fourth-order valence-corrected chi connectivity index (χ4v) is 3.74. The van der Waals surface area contributed by atoms with Gasteiger partial charge in [-0.1, -0.05) is 12.1 Å². The number of benzene rings is 3. The molecule has 1 aliphatic rings. The minimum absolute atomic E-state index is 0.0618. The third-order valence-corrected chi connectivity index (χ3v) is 5.17. The van der Waals surface area contributed by atoms with Crippen molar-refractivity contribution >= 4 is 23.1 Å². The molecule has 0 radical (unpaired) electrons. The van der Waals surface area contributed by atoms with Crippen molar-refractivity contribution < 1.29 is 28.9 Å². The molecule has 1 amide bonds. The molecule has 32 heavy (non-hydrogen) atoms. The highest BCUT2D eigenvalue weighted by atomic mass is 19.1. The molecule has 0 aromatic heterocycles. The average Bonchev–Trinajstić information content (AvgIpc) is 3.05. The summed E-state index contributed by atoms with van der Waals surface area (Å²) in [6.07, 6.45) is 0. The van der Waals surface area contributed by atoms with E-state index in [0.29, 0.717) is 23.5 Å². The van der Waals surface area contributed by atoms with E-state index in [1.165, 1.54) is 41.3 Å². The summed E-state index contributed by atoms with van der Waals surface area (Å²) in [6, 6.07) is 16.7. The summed E-state index contributed by atoms with van der Waals surface area (Å²) in [4.78, 5) is 27.2. The Morgan fingerprint density at radius 2 is 1.72 bits per heavy atom. The number of Topliss-reactive ketones (excluding diaryl/α,β-unsaturated/α-hetero) is 1. The summed E-state index contributed by atoms with van der Waals surface area (Å²) in [7, 11) is 0. The van der Waals surface area contributed by atoms with E-state index in [9.17, 15) is 24.2 Å². The standard InChI is InChI=1S/C25H20FNO5/c1-2-32-20-12-6-15(7-13-20)23(29)21-22(16-4-3-5-19(28)14-16)27(25(31)24(21)30)18-10-8-17(26)9-11-18/h3-14,22,28-29H,2H2,1H3/b23-21-. The summed E-state index contributed by atoms with van der Waals surface area (Å²) >= 11 is 0. The van der Waals surface area contributed by atoms with E-state index < -0.39 is 23.5 Å². The van der Waals surface area contributed by atoms with E-state index >= 15 is 0 Å². The summed E-state index contributed by atoms with van der Waals surface area (Å²) in [5.41, 5.74) is 0.901. The largest absolute Gasteiger partial charge is 0.508 e. The van der Waals surface area contributed by atoms with E-state index in [1.807, 2.05) is 6.92 Å². The molecule has 7 heteroatoms. The Bertz CT molecular complexity index is 1200. The van der Waals surface area contributed by atoms with Crippen LogP contribution in [0.1, 0.15) is 24.1 Å². The maximum Gasteiger partial charge on any atom is 0.300 e. The molecule has 1 unspecified atom stereocenters. The molecular weight excluding hydrogens is 413 g/mol. The normalized spacial score (nSPS) is 17.6. The van der Waals surface area contributed by atoms with Crippen LogP contribution < -0.4 is 9.64 Å². The number of phenolic OH excluding ortho intramolecular Hbond substituents is 1. The zero-order valence-corrected chi connectivity index (χ0v) is 17.2. The Morgan fingerprint density at radius 1 is 1.03 bits per heavy atom. The third kappa shape index (κ3) is 3.80. The molecule has 0 aliphatic carbocycles. The van der Waals surface area contributed by atoms with Gasteiger partial charge in [-0.2, -0.15) is 0 Å². The van der Waals surface area contributed by atoms with Crippen LogP contribution in [0.3, 0.4) is 0 Å². The van der Waals surface area contributed by atoms with Crippen molar-refractivity contribution in [3.05, 3.63) is 95.3 Å². The number of amides is 1. The number of hydrogen-bond acceptors (Lipinski definition) is 5. The molecule has 2 N–H and O–H groups in total. The van der Waals surface area contributed by atoms with Crippen molar-refractivity contribution in [1.29, 1.82) is 0 Å². The highest BCUT2D eigenvalue weighted by Gasteiger charge is 2.47. The van der Waals surface area contributed by atoms with Crippen molar-refractivity contribution in [1.82, 2.24) is 0 Å². The first-order chi connectivity index (χ1) is 15.4. The maximum atomic E-state index is 13.5. The number of nitrogens with zero attached hydrogens (tertiary/aromatic N) is 1. The van der Waals surface area contributed by atoms with Crippen LogP contribution in [0.2, 0.25) is 0 Å². The van der Waals surface area contributed by atoms with Gasteiger partial charge in [-0.25, -0.2) is 4.39 Å². The number of phenols is 1. The molecule has 6 nitrogen and oxygen atoms in total. The molecule has 1 aliphatic heterocycles. The van der Waals surface area contributed by atoms with Crippen molar-refractivity contribution in [3.63, 3.8) is 0 Å². The van der Waals surface area contributed by atoms with Crippen LogP contribution in [0.5, 0.6) is 11.5 Å². The molecule has 3 aromatic carbocycles. The lowest BCUT2D eigenvalue weighted by atomic mass is 9.95. The van der Waals surface area contributed by atoms with E-state index in [0.717, 1.165) is 0 Å². The number of ketones is 1. The molecular formula is C25H20FNO5. The first-order valence-electron chi connectivity index (χ1n) is 9.99. The lowest BCUT2D eigenvalue weighted by molar-refractivity contribution is -0.132. The Labute approximate surface area is 183 Å². The van der Waals surface area contributed by atoms with E-state index in [4.69, 9.17) is 4.74 Å². The van der Waals surface area contributed by atoms with Crippen LogP contribution in [-0.4, -0.2) is 28.5 Å². The van der Waals surface area contributed by atoms with E-state index in [1.54, 1.807) is 36.4 Å². The van der Waals surface area contributed by atoms with Gasteiger partial charge in [0.15, 0.2) is 0 Å². The predicted molar refractivity (Wildman–Crippen MR) is 117 cm³/mol.